The van der Waals surface area contributed by atoms with Gasteiger partial charge >= 0.3 is 0 Å². The van der Waals surface area contributed by atoms with Crippen LogP contribution in [0.15, 0.2) is 28.2 Å². The quantitative estimate of drug-likeness (QED) is 0.569. The topological polar surface area (TPSA) is 93.3 Å². The Morgan fingerprint density at radius 1 is 1.29 bits per heavy atom. The summed E-state index contributed by atoms with van der Waals surface area (Å²) < 4.78 is 11.2. The van der Waals surface area contributed by atoms with Crippen molar-refractivity contribution in [1.82, 2.24) is 15.3 Å². The van der Waals surface area contributed by atoms with Gasteiger partial charge in [-0.1, -0.05) is 17.8 Å². The molecule has 0 aliphatic carbocycles. The lowest BCUT2D eigenvalue weighted by Gasteiger charge is -2.28. The molecular formula is C20H25N3O4S. The molecule has 0 radical (unpaired) electrons. The van der Waals surface area contributed by atoms with Crippen LogP contribution in [0.4, 0.5) is 0 Å². The van der Waals surface area contributed by atoms with Crippen LogP contribution in [0.5, 0.6) is 11.5 Å². The number of thioether (sulfide) groups is 1. The predicted molar refractivity (Wildman–Crippen MR) is 108 cm³/mol. The molecule has 28 heavy (non-hydrogen) atoms. The lowest BCUT2D eigenvalue weighted by molar-refractivity contribution is -0.122. The van der Waals surface area contributed by atoms with Gasteiger partial charge in [-0.25, -0.2) is 4.98 Å². The average Bonchev–Trinajstić information content (AvgIpc) is 2.66. The number of nitrogens with one attached hydrogen (secondary N) is 2. The Morgan fingerprint density at radius 2 is 2.00 bits per heavy atom. The van der Waals surface area contributed by atoms with Gasteiger partial charge in [-0.3, -0.25) is 9.59 Å². The van der Waals surface area contributed by atoms with Gasteiger partial charge < -0.3 is 19.8 Å². The van der Waals surface area contributed by atoms with Crippen LogP contribution < -0.4 is 20.3 Å². The number of carbonyl (C=O) groups excluding carboxylic acids is 1. The number of rotatable bonds is 6. The molecule has 0 spiro atoms. The molecule has 2 N–H and O–H groups in total. The Bertz CT molecular complexity index is 940. The largest absolute Gasteiger partial charge is 0.486 e. The molecule has 1 aliphatic heterocycles. The lowest BCUT2D eigenvalue weighted by atomic mass is 9.93. The summed E-state index contributed by atoms with van der Waals surface area (Å²) in [7, 11) is 0. The Labute approximate surface area is 168 Å². The zero-order valence-corrected chi connectivity index (χ0v) is 17.4. The van der Waals surface area contributed by atoms with E-state index in [9.17, 15) is 9.59 Å². The number of hydrogen-bond donors (Lipinski definition) is 2. The fourth-order valence-corrected chi connectivity index (χ4v) is 3.55. The number of aromatic amines is 1. The molecule has 1 aromatic carbocycles. The van der Waals surface area contributed by atoms with E-state index >= 15 is 0 Å². The number of aromatic nitrogens is 2. The fraction of sp³-hybridized carbons (Fsp3) is 0.450. The molecule has 0 atom stereocenters. The molecule has 0 fully saturated rings. The van der Waals surface area contributed by atoms with Gasteiger partial charge in [0.15, 0.2) is 16.7 Å². The first-order valence-corrected chi connectivity index (χ1v) is 10.4. The number of ether oxygens (including phenoxy) is 2. The molecule has 0 saturated heterocycles. The van der Waals surface area contributed by atoms with Gasteiger partial charge in [-0.05, 0) is 51.1 Å². The number of fused-ring (bicyclic) bond motifs is 1. The molecule has 2 heterocycles. The minimum absolute atomic E-state index is 0.132. The second kappa shape index (κ2) is 8.26. The van der Waals surface area contributed by atoms with E-state index in [0.29, 0.717) is 47.5 Å². The number of H-pyrrole nitrogens is 1. The maximum Gasteiger partial charge on any atom is 0.254 e. The molecule has 2 aromatic rings. The molecule has 8 heteroatoms. The van der Waals surface area contributed by atoms with Gasteiger partial charge in [-0.2, -0.15) is 0 Å². The summed E-state index contributed by atoms with van der Waals surface area (Å²) in [4.78, 5) is 31.8. The van der Waals surface area contributed by atoms with Crippen LogP contribution in [0.2, 0.25) is 0 Å². The van der Waals surface area contributed by atoms with Gasteiger partial charge in [0, 0.05) is 17.7 Å². The Balaban J connectivity index is 1.66. The maximum absolute atomic E-state index is 12.5. The highest BCUT2D eigenvalue weighted by Gasteiger charge is 2.25. The summed E-state index contributed by atoms with van der Waals surface area (Å²) in [6, 6.07) is 5.68. The number of aryl methyl sites for hydroxylation is 1. The molecule has 1 amide bonds. The van der Waals surface area contributed by atoms with Gasteiger partial charge in [0.1, 0.15) is 13.2 Å². The second-order valence-corrected chi connectivity index (χ2v) is 7.97. The molecule has 1 aromatic heterocycles. The van der Waals surface area contributed by atoms with E-state index < -0.39 is 5.54 Å². The number of benzene rings is 1. The van der Waals surface area contributed by atoms with Crippen molar-refractivity contribution in [3.63, 3.8) is 0 Å². The Morgan fingerprint density at radius 3 is 2.68 bits per heavy atom. The van der Waals surface area contributed by atoms with E-state index in [0.717, 1.165) is 5.56 Å². The highest BCUT2D eigenvalue weighted by molar-refractivity contribution is 7.98. The van der Waals surface area contributed by atoms with E-state index in [4.69, 9.17) is 9.47 Å². The third-order valence-corrected chi connectivity index (χ3v) is 5.29. The number of carbonyl (C=O) groups is 1. The predicted octanol–water partition coefficient (Wildman–Crippen LogP) is 2.56. The van der Waals surface area contributed by atoms with Crippen LogP contribution in [0.3, 0.4) is 0 Å². The number of amides is 1. The summed E-state index contributed by atoms with van der Waals surface area (Å²) in [5, 5.41) is 3.62. The van der Waals surface area contributed by atoms with Crippen LogP contribution in [0.25, 0.3) is 0 Å². The molecule has 150 valence electrons. The summed E-state index contributed by atoms with van der Waals surface area (Å²) in [5.41, 5.74) is 1.35. The minimum atomic E-state index is -0.588. The van der Waals surface area contributed by atoms with Crippen molar-refractivity contribution in [2.75, 3.05) is 19.5 Å². The molecule has 0 unspecified atom stereocenters. The Hall–Kier alpha value is -2.48. The van der Waals surface area contributed by atoms with E-state index in [1.807, 2.05) is 38.3 Å². The normalized spacial score (nSPS) is 13.3. The molecule has 1 aliphatic rings. The molecular weight excluding hydrogens is 378 g/mol. The van der Waals surface area contributed by atoms with Crippen LogP contribution in [-0.4, -0.2) is 35.3 Å². The highest BCUT2D eigenvalue weighted by atomic mass is 32.2. The molecule has 0 bridgehead atoms. The van der Waals surface area contributed by atoms with E-state index in [1.165, 1.54) is 11.8 Å². The van der Waals surface area contributed by atoms with E-state index in [1.54, 1.807) is 6.92 Å². The van der Waals surface area contributed by atoms with E-state index in [2.05, 4.69) is 15.3 Å². The SMILES string of the molecule is CSc1nc(C)c(CCC(=O)NC(C)(C)c2ccc3c(c2)OCCO3)c(=O)[nH]1. The molecule has 7 nitrogen and oxygen atoms in total. The highest BCUT2D eigenvalue weighted by Crippen LogP contribution is 2.34. The molecule has 0 saturated carbocycles. The van der Waals surface area contributed by atoms with Crippen molar-refractivity contribution in [2.45, 2.75) is 44.3 Å². The van der Waals surface area contributed by atoms with Crippen LogP contribution in [0.1, 0.15) is 37.1 Å². The smallest absolute Gasteiger partial charge is 0.254 e. The average molecular weight is 404 g/mol. The summed E-state index contributed by atoms with van der Waals surface area (Å²) >= 11 is 1.38. The van der Waals surface area contributed by atoms with Crippen LogP contribution in [0, 0.1) is 6.92 Å². The lowest BCUT2D eigenvalue weighted by Crippen LogP contribution is -2.41. The van der Waals surface area contributed by atoms with Crippen LogP contribution >= 0.6 is 11.8 Å². The zero-order chi connectivity index (χ0) is 20.3. The van der Waals surface area contributed by atoms with Gasteiger partial charge in [-0.15, -0.1) is 0 Å². The first-order valence-electron chi connectivity index (χ1n) is 9.15. The van der Waals surface area contributed by atoms with Crippen molar-refractivity contribution < 1.29 is 14.3 Å². The second-order valence-electron chi connectivity index (χ2n) is 7.17. The summed E-state index contributed by atoms with van der Waals surface area (Å²) in [5.74, 6) is 1.27. The van der Waals surface area contributed by atoms with Crippen molar-refractivity contribution in [3.05, 3.63) is 45.4 Å². The van der Waals surface area contributed by atoms with Crippen LogP contribution in [-0.2, 0) is 16.8 Å². The number of hydrogen-bond acceptors (Lipinski definition) is 6. The first-order chi connectivity index (χ1) is 13.3. The van der Waals surface area contributed by atoms with Gasteiger partial charge in [0.05, 0.1) is 5.54 Å². The monoisotopic (exact) mass is 403 g/mol. The minimum Gasteiger partial charge on any atom is -0.486 e. The third-order valence-electron chi connectivity index (χ3n) is 4.71. The fourth-order valence-electron chi connectivity index (χ4n) is 3.13. The van der Waals surface area contributed by atoms with Gasteiger partial charge in [0.2, 0.25) is 5.91 Å². The Kier molecular flexibility index (Phi) is 5.98. The van der Waals surface area contributed by atoms with Crippen molar-refractivity contribution in [2.24, 2.45) is 0 Å². The van der Waals surface area contributed by atoms with E-state index in [-0.39, 0.29) is 17.9 Å². The third kappa shape index (κ3) is 4.49. The van der Waals surface area contributed by atoms with Gasteiger partial charge in [0.25, 0.3) is 5.56 Å². The summed E-state index contributed by atoms with van der Waals surface area (Å²) in [6.07, 6.45) is 2.40. The molecule has 3 rings (SSSR count). The first kappa shape index (κ1) is 20.3. The maximum atomic E-state index is 12.5. The number of nitrogens with zero attached hydrogens (tertiary/aromatic N) is 1. The summed E-state index contributed by atoms with van der Waals surface area (Å²) in [6.45, 7) is 6.71. The standard InChI is InChI=1S/C20H25N3O4S/c1-12-14(18(25)22-19(21-12)28-4)6-8-17(24)23-20(2,3)13-5-7-15-16(11-13)27-10-9-26-15/h5,7,11H,6,8-10H2,1-4H3,(H,23,24)(H,21,22,25). The van der Waals surface area contributed by atoms with Crippen molar-refractivity contribution >= 4 is 17.7 Å². The van der Waals surface area contributed by atoms with Crippen molar-refractivity contribution in [1.29, 1.82) is 0 Å². The van der Waals surface area contributed by atoms with Crippen molar-refractivity contribution in [3.8, 4) is 11.5 Å². The zero-order valence-electron chi connectivity index (χ0n) is 16.5.